The maximum Gasteiger partial charge on any atom is 0.253 e. The van der Waals surface area contributed by atoms with Crippen LogP contribution < -0.4 is 0 Å². The second-order valence-corrected chi connectivity index (χ2v) is 6.34. The van der Waals surface area contributed by atoms with Crippen molar-refractivity contribution in [2.24, 2.45) is 0 Å². The maximum atomic E-state index is 12.8. The molecule has 3 heterocycles. The molecule has 0 aliphatic rings. The van der Waals surface area contributed by atoms with Crippen LogP contribution in [0.5, 0.6) is 0 Å². The normalized spacial score (nSPS) is 11.3. The monoisotopic (exact) mass is 333 g/mol. The first-order valence-corrected chi connectivity index (χ1v) is 8.21. The Kier molecular flexibility index (Phi) is 3.57. The van der Waals surface area contributed by atoms with Gasteiger partial charge in [-0.25, -0.2) is 4.98 Å². The van der Waals surface area contributed by atoms with Gasteiger partial charge >= 0.3 is 0 Å². The number of fused-ring (bicyclic) bond motifs is 2. The van der Waals surface area contributed by atoms with Crippen LogP contribution in [0.2, 0.25) is 0 Å². The first-order valence-electron chi connectivity index (χ1n) is 8.21. The molecule has 0 aliphatic heterocycles. The molecule has 5 heteroatoms. The van der Waals surface area contributed by atoms with E-state index in [0.717, 1.165) is 33.8 Å². The molecule has 4 aromatic rings. The van der Waals surface area contributed by atoms with Crippen LogP contribution in [0.4, 0.5) is 0 Å². The minimum atomic E-state index is -0.0222. The van der Waals surface area contributed by atoms with Gasteiger partial charge in [-0.15, -0.1) is 0 Å². The van der Waals surface area contributed by atoms with Crippen molar-refractivity contribution in [3.05, 3.63) is 71.4 Å². The van der Waals surface area contributed by atoms with E-state index in [1.165, 1.54) is 0 Å². The van der Waals surface area contributed by atoms with Crippen LogP contribution >= 0.6 is 0 Å². The number of nitrogens with zero attached hydrogens (tertiary/aromatic N) is 3. The Morgan fingerprint density at radius 3 is 2.88 bits per heavy atom. The molecule has 0 unspecified atom stereocenters. The number of carbonyl (C=O) groups is 1. The van der Waals surface area contributed by atoms with Crippen LogP contribution in [-0.2, 0) is 6.54 Å². The van der Waals surface area contributed by atoms with Gasteiger partial charge in [0.2, 0.25) is 0 Å². The van der Waals surface area contributed by atoms with Crippen molar-refractivity contribution < 1.29 is 9.21 Å². The number of aromatic nitrogens is 2. The number of amides is 1. The summed E-state index contributed by atoms with van der Waals surface area (Å²) >= 11 is 0. The Balaban J connectivity index is 1.63. The Bertz CT molecular complexity index is 1090. The number of benzene rings is 1. The standard InChI is InChI=1S/C20H19N3O2/c1-13-10-16-11-15(7-8-18(16)25-13)20(24)22(3)12-17-14(2)21-19-6-4-5-9-23(17)19/h4-11H,12H2,1-3H3. The Hall–Kier alpha value is -3.08. The molecule has 1 amide bonds. The fourth-order valence-corrected chi connectivity index (χ4v) is 3.18. The lowest BCUT2D eigenvalue weighted by molar-refractivity contribution is 0.0783. The third-order valence-electron chi connectivity index (χ3n) is 4.45. The molecule has 3 aromatic heterocycles. The highest BCUT2D eigenvalue weighted by Gasteiger charge is 2.17. The van der Waals surface area contributed by atoms with Crippen molar-refractivity contribution in [3.63, 3.8) is 0 Å². The predicted octanol–water partition coefficient (Wildman–Crippen LogP) is 3.97. The fourth-order valence-electron chi connectivity index (χ4n) is 3.18. The van der Waals surface area contributed by atoms with Crippen molar-refractivity contribution >= 4 is 22.5 Å². The number of aryl methyl sites for hydroxylation is 2. The molecule has 4 rings (SSSR count). The van der Waals surface area contributed by atoms with Crippen LogP contribution in [0.1, 0.15) is 27.5 Å². The highest BCUT2D eigenvalue weighted by Crippen LogP contribution is 2.21. The molecule has 1 aromatic carbocycles. The lowest BCUT2D eigenvalue weighted by Gasteiger charge is -2.17. The summed E-state index contributed by atoms with van der Waals surface area (Å²) in [7, 11) is 1.81. The third-order valence-corrected chi connectivity index (χ3v) is 4.45. The SMILES string of the molecule is Cc1cc2cc(C(=O)N(C)Cc3c(C)nc4ccccn34)ccc2o1. The first kappa shape index (κ1) is 15.4. The lowest BCUT2D eigenvalue weighted by Crippen LogP contribution is -2.27. The zero-order valence-corrected chi connectivity index (χ0v) is 14.5. The quantitative estimate of drug-likeness (QED) is 0.570. The fraction of sp³-hybridized carbons (Fsp3) is 0.200. The second-order valence-electron chi connectivity index (χ2n) is 6.34. The summed E-state index contributed by atoms with van der Waals surface area (Å²) in [6.07, 6.45) is 1.98. The molecule has 25 heavy (non-hydrogen) atoms. The van der Waals surface area contributed by atoms with Gasteiger partial charge in [-0.2, -0.15) is 0 Å². The van der Waals surface area contributed by atoms with Crippen molar-refractivity contribution in [2.45, 2.75) is 20.4 Å². The number of hydrogen-bond acceptors (Lipinski definition) is 3. The lowest BCUT2D eigenvalue weighted by atomic mass is 10.1. The molecule has 0 saturated heterocycles. The van der Waals surface area contributed by atoms with Gasteiger partial charge in [0, 0.05) is 24.2 Å². The topological polar surface area (TPSA) is 50.8 Å². The molecule has 0 saturated carbocycles. The van der Waals surface area contributed by atoms with E-state index < -0.39 is 0 Å². The first-order chi connectivity index (χ1) is 12.0. The zero-order chi connectivity index (χ0) is 17.6. The summed E-state index contributed by atoms with van der Waals surface area (Å²) in [5.74, 6) is 0.820. The Morgan fingerprint density at radius 2 is 2.04 bits per heavy atom. The minimum absolute atomic E-state index is 0.0222. The highest BCUT2D eigenvalue weighted by atomic mass is 16.3. The van der Waals surface area contributed by atoms with Crippen LogP contribution in [0.25, 0.3) is 16.6 Å². The van der Waals surface area contributed by atoms with Gasteiger partial charge in [0.15, 0.2) is 0 Å². The van der Waals surface area contributed by atoms with Gasteiger partial charge in [0.1, 0.15) is 17.0 Å². The number of carbonyl (C=O) groups excluding carboxylic acids is 1. The van der Waals surface area contributed by atoms with Crippen LogP contribution in [0.15, 0.2) is 53.1 Å². The molecular weight excluding hydrogens is 314 g/mol. The summed E-state index contributed by atoms with van der Waals surface area (Å²) in [6, 6.07) is 13.4. The smallest absolute Gasteiger partial charge is 0.253 e. The largest absolute Gasteiger partial charge is 0.461 e. The minimum Gasteiger partial charge on any atom is -0.461 e. The van der Waals surface area contributed by atoms with Crippen molar-refractivity contribution in [3.8, 4) is 0 Å². The summed E-state index contributed by atoms with van der Waals surface area (Å²) in [4.78, 5) is 19.1. The maximum absolute atomic E-state index is 12.8. The molecule has 0 atom stereocenters. The number of imidazole rings is 1. The third kappa shape index (κ3) is 2.67. The highest BCUT2D eigenvalue weighted by molar-refractivity contribution is 5.97. The molecule has 0 radical (unpaired) electrons. The van der Waals surface area contributed by atoms with Crippen molar-refractivity contribution in [1.29, 1.82) is 0 Å². The molecule has 126 valence electrons. The molecule has 0 spiro atoms. The van der Waals surface area contributed by atoms with Crippen LogP contribution in [0.3, 0.4) is 0 Å². The molecule has 0 N–H and O–H groups in total. The number of rotatable bonds is 3. The molecular formula is C20H19N3O2. The summed E-state index contributed by atoms with van der Waals surface area (Å²) in [6.45, 7) is 4.38. The van der Waals surface area contributed by atoms with Gasteiger partial charge < -0.3 is 13.7 Å². The summed E-state index contributed by atoms with van der Waals surface area (Å²) < 4.78 is 7.61. The van der Waals surface area contributed by atoms with E-state index in [1.54, 1.807) is 4.90 Å². The van der Waals surface area contributed by atoms with Gasteiger partial charge in [0.05, 0.1) is 17.9 Å². The molecule has 0 bridgehead atoms. The number of hydrogen-bond donors (Lipinski definition) is 0. The van der Waals surface area contributed by atoms with E-state index in [2.05, 4.69) is 4.98 Å². The van der Waals surface area contributed by atoms with Gasteiger partial charge in [-0.3, -0.25) is 4.79 Å². The van der Waals surface area contributed by atoms with Gasteiger partial charge in [0.25, 0.3) is 5.91 Å². The molecule has 5 nitrogen and oxygen atoms in total. The van der Waals surface area contributed by atoms with Gasteiger partial charge in [-0.1, -0.05) is 6.07 Å². The molecule has 0 fully saturated rings. The van der Waals surface area contributed by atoms with E-state index in [9.17, 15) is 4.79 Å². The van der Waals surface area contributed by atoms with Gasteiger partial charge in [-0.05, 0) is 50.2 Å². The zero-order valence-electron chi connectivity index (χ0n) is 14.5. The van der Waals surface area contributed by atoms with Crippen LogP contribution in [0, 0.1) is 13.8 Å². The average molecular weight is 333 g/mol. The number of furan rings is 1. The van der Waals surface area contributed by atoms with E-state index in [-0.39, 0.29) is 5.91 Å². The molecule has 0 aliphatic carbocycles. The van der Waals surface area contributed by atoms with E-state index in [1.807, 2.05) is 74.0 Å². The average Bonchev–Trinajstić information content (AvgIpc) is 3.12. The van der Waals surface area contributed by atoms with E-state index in [0.29, 0.717) is 12.1 Å². The van der Waals surface area contributed by atoms with E-state index in [4.69, 9.17) is 4.42 Å². The Morgan fingerprint density at radius 1 is 1.20 bits per heavy atom. The van der Waals surface area contributed by atoms with Crippen LogP contribution in [-0.4, -0.2) is 27.2 Å². The van der Waals surface area contributed by atoms with E-state index >= 15 is 0 Å². The summed E-state index contributed by atoms with van der Waals surface area (Å²) in [5.41, 5.74) is 4.31. The predicted molar refractivity (Wildman–Crippen MR) is 96.7 cm³/mol. The van der Waals surface area contributed by atoms with Crippen molar-refractivity contribution in [1.82, 2.24) is 14.3 Å². The Labute approximate surface area is 145 Å². The second kappa shape index (κ2) is 5.77. The summed E-state index contributed by atoms with van der Waals surface area (Å²) in [5, 5.41) is 0.947. The number of pyridine rings is 1. The van der Waals surface area contributed by atoms with Crippen molar-refractivity contribution in [2.75, 3.05) is 7.05 Å².